The van der Waals surface area contributed by atoms with Gasteiger partial charge in [-0.25, -0.2) is 9.97 Å². The lowest BCUT2D eigenvalue weighted by Gasteiger charge is -2.08. The van der Waals surface area contributed by atoms with Gasteiger partial charge < -0.3 is 0 Å². The van der Waals surface area contributed by atoms with Gasteiger partial charge in [0.25, 0.3) is 5.91 Å². The fourth-order valence-corrected chi connectivity index (χ4v) is 4.61. The summed E-state index contributed by atoms with van der Waals surface area (Å²) in [7, 11) is 0. The lowest BCUT2D eigenvalue weighted by atomic mass is 9.98. The molecule has 0 aliphatic heterocycles. The number of benzene rings is 2. The number of nitrogens with zero attached hydrogens (tertiary/aromatic N) is 2. The summed E-state index contributed by atoms with van der Waals surface area (Å²) in [6.07, 6.45) is 0. The molecule has 130 valence electrons. The molecule has 6 heteroatoms. The van der Waals surface area contributed by atoms with E-state index in [2.05, 4.69) is 48.2 Å². The third-order valence-electron chi connectivity index (χ3n) is 4.25. The van der Waals surface area contributed by atoms with Gasteiger partial charge >= 0.3 is 0 Å². The van der Waals surface area contributed by atoms with Crippen LogP contribution >= 0.6 is 22.7 Å². The number of carbonyl (C=O) groups excluding carboxylic acids is 1. The van der Waals surface area contributed by atoms with Crippen molar-refractivity contribution in [1.82, 2.24) is 9.97 Å². The van der Waals surface area contributed by atoms with Crippen molar-refractivity contribution in [1.29, 1.82) is 0 Å². The van der Waals surface area contributed by atoms with Crippen molar-refractivity contribution in [2.24, 2.45) is 0 Å². The Labute approximate surface area is 159 Å². The first-order valence-corrected chi connectivity index (χ1v) is 9.95. The van der Waals surface area contributed by atoms with E-state index >= 15 is 0 Å². The predicted octanol–water partition coefficient (Wildman–Crippen LogP) is 5.60. The molecule has 0 radical (unpaired) electrons. The normalized spacial score (nSPS) is 11.0. The van der Waals surface area contributed by atoms with Gasteiger partial charge in [0, 0.05) is 16.5 Å². The molecule has 2 aromatic heterocycles. The topological polar surface area (TPSA) is 54.9 Å². The first-order valence-electron chi connectivity index (χ1n) is 8.19. The minimum absolute atomic E-state index is 0.154. The minimum Gasteiger partial charge on any atom is -0.298 e. The Kier molecular flexibility index (Phi) is 4.30. The zero-order chi connectivity index (χ0) is 18.3. The molecule has 0 aliphatic carbocycles. The highest BCUT2D eigenvalue weighted by molar-refractivity contribution is 7.16. The quantitative estimate of drug-likeness (QED) is 0.504. The Bertz CT molecular complexity index is 1100. The van der Waals surface area contributed by atoms with Crippen LogP contribution in [0.25, 0.3) is 21.5 Å². The second kappa shape index (κ2) is 6.63. The minimum atomic E-state index is -0.154. The molecule has 26 heavy (non-hydrogen) atoms. The van der Waals surface area contributed by atoms with Gasteiger partial charge in [0.15, 0.2) is 5.13 Å². The maximum Gasteiger partial charge on any atom is 0.257 e. The molecule has 0 bridgehead atoms. The van der Waals surface area contributed by atoms with Crippen molar-refractivity contribution < 1.29 is 4.79 Å². The van der Waals surface area contributed by atoms with Crippen molar-refractivity contribution in [2.75, 3.05) is 5.32 Å². The summed E-state index contributed by atoms with van der Waals surface area (Å²) < 4.78 is 1.00. The monoisotopic (exact) mass is 379 g/mol. The van der Waals surface area contributed by atoms with Crippen LogP contribution in [0.1, 0.15) is 27.0 Å². The van der Waals surface area contributed by atoms with E-state index in [4.69, 9.17) is 0 Å². The Balaban J connectivity index is 1.59. The second-order valence-electron chi connectivity index (χ2n) is 6.30. The predicted molar refractivity (Wildman–Crippen MR) is 109 cm³/mol. The summed E-state index contributed by atoms with van der Waals surface area (Å²) >= 11 is 2.97. The number of amides is 1. The molecule has 0 saturated carbocycles. The summed E-state index contributed by atoms with van der Waals surface area (Å²) in [4.78, 5) is 21.4. The number of anilines is 1. The van der Waals surface area contributed by atoms with Gasteiger partial charge in [0.05, 0.1) is 21.4 Å². The number of hydrogen-bond donors (Lipinski definition) is 1. The summed E-state index contributed by atoms with van der Waals surface area (Å²) in [6, 6.07) is 9.84. The first kappa shape index (κ1) is 16.9. The first-order chi connectivity index (χ1) is 12.5. The van der Waals surface area contributed by atoms with Crippen LogP contribution in [-0.2, 0) is 0 Å². The smallest absolute Gasteiger partial charge is 0.257 e. The Morgan fingerprint density at radius 1 is 1.04 bits per heavy atom. The zero-order valence-corrected chi connectivity index (χ0v) is 16.3. The summed E-state index contributed by atoms with van der Waals surface area (Å²) in [5.74, 6) is -0.154. The highest BCUT2D eigenvalue weighted by atomic mass is 32.1. The lowest BCUT2D eigenvalue weighted by molar-refractivity contribution is 0.102. The largest absolute Gasteiger partial charge is 0.298 e. The summed E-state index contributed by atoms with van der Waals surface area (Å²) in [5.41, 5.74) is 8.98. The van der Waals surface area contributed by atoms with Crippen molar-refractivity contribution >= 4 is 43.9 Å². The van der Waals surface area contributed by atoms with Crippen LogP contribution in [0, 0.1) is 20.8 Å². The number of rotatable bonds is 3. The summed E-state index contributed by atoms with van der Waals surface area (Å²) in [5, 5.41) is 5.51. The maximum atomic E-state index is 12.5. The van der Waals surface area contributed by atoms with Gasteiger partial charge in [-0.1, -0.05) is 17.7 Å². The van der Waals surface area contributed by atoms with Crippen LogP contribution in [0.4, 0.5) is 5.13 Å². The number of carbonyl (C=O) groups is 1. The number of thiazole rings is 2. The average molecular weight is 380 g/mol. The van der Waals surface area contributed by atoms with E-state index in [1.165, 1.54) is 39.4 Å². The second-order valence-corrected chi connectivity index (χ2v) is 8.05. The molecule has 0 saturated heterocycles. The number of nitrogens with one attached hydrogen (secondary N) is 1. The third-order valence-corrected chi connectivity index (χ3v) is 5.80. The van der Waals surface area contributed by atoms with Crippen LogP contribution in [0.15, 0.2) is 41.2 Å². The highest BCUT2D eigenvalue weighted by Gasteiger charge is 2.13. The molecule has 2 heterocycles. The van der Waals surface area contributed by atoms with Crippen molar-refractivity contribution in [3.8, 4) is 11.3 Å². The third kappa shape index (κ3) is 3.13. The Hall–Kier alpha value is -2.57. The van der Waals surface area contributed by atoms with Gasteiger partial charge in [-0.2, -0.15) is 0 Å². The molecule has 0 aliphatic rings. The molecule has 0 spiro atoms. The van der Waals surface area contributed by atoms with Crippen molar-refractivity contribution in [3.05, 3.63) is 63.5 Å². The molecule has 4 nitrogen and oxygen atoms in total. The number of aryl methyl sites for hydroxylation is 3. The van der Waals surface area contributed by atoms with Gasteiger partial charge in [0.1, 0.15) is 0 Å². The van der Waals surface area contributed by atoms with Gasteiger partial charge in [-0.15, -0.1) is 22.7 Å². The number of fused-ring (bicyclic) bond motifs is 1. The van der Waals surface area contributed by atoms with Crippen LogP contribution in [0.3, 0.4) is 0 Å². The van der Waals surface area contributed by atoms with Crippen molar-refractivity contribution in [2.45, 2.75) is 20.8 Å². The molecule has 0 atom stereocenters. The number of aromatic nitrogens is 2. The van der Waals surface area contributed by atoms with Crippen LogP contribution in [0.2, 0.25) is 0 Å². The molecule has 0 fully saturated rings. The van der Waals surface area contributed by atoms with E-state index < -0.39 is 0 Å². The molecule has 0 unspecified atom stereocenters. The van der Waals surface area contributed by atoms with Crippen LogP contribution in [0.5, 0.6) is 0 Å². The van der Waals surface area contributed by atoms with E-state index in [1.54, 1.807) is 11.6 Å². The van der Waals surface area contributed by atoms with E-state index in [0.29, 0.717) is 10.7 Å². The van der Waals surface area contributed by atoms with E-state index in [0.717, 1.165) is 21.5 Å². The fraction of sp³-hybridized carbons (Fsp3) is 0.150. The standard InChI is InChI=1S/C20H17N3OS2/c1-11-6-12(2)18(13(3)7-11)16-9-25-20(22-16)23-19(24)14-4-5-15-17(8-14)26-10-21-15/h4-10H,1-3H3,(H,22,23,24). The van der Waals surface area contributed by atoms with Crippen LogP contribution < -0.4 is 5.32 Å². The van der Waals surface area contributed by atoms with E-state index in [9.17, 15) is 4.79 Å². The molecular weight excluding hydrogens is 362 g/mol. The summed E-state index contributed by atoms with van der Waals surface area (Å²) in [6.45, 7) is 6.28. The zero-order valence-electron chi connectivity index (χ0n) is 14.7. The van der Waals surface area contributed by atoms with Crippen molar-refractivity contribution in [3.63, 3.8) is 0 Å². The molecule has 4 aromatic rings. The van der Waals surface area contributed by atoms with Gasteiger partial charge in [0.2, 0.25) is 0 Å². The van der Waals surface area contributed by atoms with E-state index in [1.807, 2.05) is 17.5 Å². The maximum absolute atomic E-state index is 12.5. The van der Waals surface area contributed by atoms with Gasteiger partial charge in [-0.05, 0) is 50.1 Å². The molecule has 1 amide bonds. The lowest BCUT2D eigenvalue weighted by Crippen LogP contribution is -2.11. The Morgan fingerprint density at radius 3 is 2.58 bits per heavy atom. The SMILES string of the molecule is Cc1cc(C)c(-c2csc(NC(=O)c3ccc4ncsc4c3)n2)c(C)c1. The average Bonchev–Trinajstić information content (AvgIpc) is 3.22. The highest BCUT2D eigenvalue weighted by Crippen LogP contribution is 2.31. The number of hydrogen-bond acceptors (Lipinski definition) is 5. The van der Waals surface area contributed by atoms with Crippen LogP contribution in [-0.4, -0.2) is 15.9 Å². The molecule has 2 aromatic carbocycles. The fourth-order valence-electron chi connectivity index (χ4n) is 3.20. The molecule has 4 rings (SSSR count). The Morgan fingerprint density at radius 2 is 1.81 bits per heavy atom. The van der Waals surface area contributed by atoms with E-state index in [-0.39, 0.29) is 5.91 Å². The van der Waals surface area contributed by atoms with Gasteiger partial charge in [-0.3, -0.25) is 10.1 Å². The molecule has 1 N–H and O–H groups in total. The molecular formula is C20H17N3OS2.